The first kappa shape index (κ1) is 34.0. The van der Waals surface area contributed by atoms with E-state index < -0.39 is 16.1 Å². The average Bonchev–Trinajstić information content (AvgIpc) is 2.99. The van der Waals surface area contributed by atoms with Crippen molar-refractivity contribution in [3.63, 3.8) is 0 Å². The molecule has 1 aliphatic rings. The van der Waals surface area contributed by atoms with Gasteiger partial charge in [0, 0.05) is 41.5 Å². The molecule has 10 heteroatoms. The van der Waals surface area contributed by atoms with E-state index in [0.717, 1.165) is 53.1 Å². The fourth-order valence-corrected chi connectivity index (χ4v) is 7.39. The van der Waals surface area contributed by atoms with Crippen LogP contribution in [0.3, 0.4) is 0 Å². The molecule has 3 aromatic rings. The molecule has 0 saturated heterocycles. The third-order valence-corrected chi connectivity index (χ3v) is 9.96. The van der Waals surface area contributed by atoms with Crippen LogP contribution in [0, 0.1) is 6.92 Å². The third-order valence-electron chi connectivity index (χ3n) is 8.06. The molecular weight excluding hydrogens is 662 g/mol. The first-order chi connectivity index (χ1) is 21.0. The molecule has 44 heavy (non-hydrogen) atoms. The highest BCUT2D eigenvalue weighted by Crippen LogP contribution is 2.27. The van der Waals surface area contributed by atoms with Crippen molar-refractivity contribution in [3.8, 4) is 0 Å². The van der Waals surface area contributed by atoms with Crippen LogP contribution >= 0.6 is 27.5 Å². The Hall–Kier alpha value is -2.88. The van der Waals surface area contributed by atoms with Crippen molar-refractivity contribution in [1.82, 2.24) is 10.2 Å². The molecule has 0 heterocycles. The van der Waals surface area contributed by atoms with Crippen LogP contribution in [-0.4, -0.2) is 50.0 Å². The van der Waals surface area contributed by atoms with Gasteiger partial charge in [0.1, 0.15) is 6.04 Å². The number of nitrogens with zero attached hydrogens (tertiary/aromatic N) is 2. The summed E-state index contributed by atoms with van der Waals surface area (Å²) in [7, 11) is -3.64. The number of aryl methyl sites for hydroxylation is 1. The van der Waals surface area contributed by atoms with Crippen LogP contribution in [-0.2, 0) is 32.6 Å². The Morgan fingerprint density at radius 3 is 2.36 bits per heavy atom. The minimum Gasteiger partial charge on any atom is -0.352 e. The van der Waals surface area contributed by atoms with E-state index in [0.29, 0.717) is 17.1 Å². The summed E-state index contributed by atoms with van der Waals surface area (Å²) < 4.78 is 27.8. The molecule has 1 atom stereocenters. The molecule has 1 saturated carbocycles. The number of hydrogen-bond acceptors (Lipinski definition) is 4. The maximum Gasteiger partial charge on any atom is 0.243 e. The molecular formula is C34H41BrClN3O4S. The van der Waals surface area contributed by atoms with E-state index in [4.69, 9.17) is 11.6 Å². The maximum absolute atomic E-state index is 14.1. The topological polar surface area (TPSA) is 86.8 Å². The van der Waals surface area contributed by atoms with E-state index >= 15 is 0 Å². The van der Waals surface area contributed by atoms with Crippen LogP contribution in [0.5, 0.6) is 0 Å². The number of anilines is 1. The molecule has 236 valence electrons. The SMILES string of the molecule is Cc1ccc(Cl)cc1N(CCCC(=O)N(Cc1cccc(Br)c1)[C@H](Cc1ccccc1)C(=O)NC1CCCCC1)S(C)(=O)=O. The van der Waals surface area contributed by atoms with Gasteiger partial charge in [-0.2, -0.15) is 0 Å². The van der Waals surface area contributed by atoms with E-state index in [-0.39, 0.29) is 43.8 Å². The van der Waals surface area contributed by atoms with Gasteiger partial charge >= 0.3 is 0 Å². The van der Waals surface area contributed by atoms with Gasteiger partial charge in [0.2, 0.25) is 21.8 Å². The zero-order valence-corrected chi connectivity index (χ0v) is 28.5. The van der Waals surface area contributed by atoms with Crippen LogP contribution in [0.2, 0.25) is 5.02 Å². The predicted molar refractivity (Wildman–Crippen MR) is 181 cm³/mol. The second-order valence-corrected chi connectivity index (χ2v) is 14.8. The van der Waals surface area contributed by atoms with E-state index in [1.807, 2.05) is 61.5 Å². The molecule has 0 bridgehead atoms. The monoisotopic (exact) mass is 701 g/mol. The number of carbonyl (C=O) groups excluding carboxylic acids is 2. The van der Waals surface area contributed by atoms with Gasteiger partial charge in [-0.1, -0.05) is 95.3 Å². The van der Waals surface area contributed by atoms with E-state index in [1.54, 1.807) is 23.1 Å². The Bertz CT molecular complexity index is 1530. The first-order valence-electron chi connectivity index (χ1n) is 15.1. The van der Waals surface area contributed by atoms with Gasteiger partial charge in [0.25, 0.3) is 0 Å². The molecule has 7 nitrogen and oxygen atoms in total. The molecule has 0 spiro atoms. The van der Waals surface area contributed by atoms with Gasteiger partial charge in [-0.15, -0.1) is 0 Å². The highest BCUT2D eigenvalue weighted by molar-refractivity contribution is 9.10. The summed E-state index contributed by atoms with van der Waals surface area (Å²) in [5, 5.41) is 3.69. The zero-order valence-electron chi connectivity index (χ0n) is 25.3. The number of carbonyl (C=O) groups is 2. The fraction of sp³-hybridized carbons (Fsp3) is 0.412. The predicted octanol–water partition coefficient (Wildman–Crippen LogP) is 7.05. The highest BCUT2D eigenvalue weighted by atomic mass is 79.9. The Labute approximate surface area is 275 Å². The van der Waals surface area contributed by atoms with Gasteiger partial charge < -0.3 is 10.2 Å². The van der Waals surface area contributed by atoms with Crippen LogP contribution < -0.4 is 9.62 Å². The lowest BCUT2D eigenvalue weighted by molar-refractivity contribution is -0.141. The van der Waals surface area contributed by atoms with Crippen molar-refractivity contribution in [2.75, 3.05) is 17.1 Å². The Balaban J connectivity index is 1.60. The molecule has 1 N–H and O–H groups in total. The van der Waals surface area contributed by atoms with Gasteiger partial charge in [-0.05, 0) is 67.1 Å². The molecule has 0 unspecified atom stereocenters. The quantitative estimate of drug-likeness (QED) is 0.207. The number of nitrogens with one attached hydrogen (secondary N) is 1. The van der Waals surface area contributed by atoms with E-state index in [2.05, 4.69) is 21.2 Å². The van der Waals surface area contributed by atoms with Gasteiger partial charge in [-0.3, -0.25) is 13.9 Å². The van der Waals surface area contributed by atoms with Crippen molar-refractivity contribution in [2.24, 2.45) is 0 Å². The summed E-state index contributed by atoms with van der Waals surface area (Å²) in [4.78, 5) is 29.7. The van der Waals surface area contributed by atoms with Crippen molar-refractivity contribution in [1.29, 1.82) is 0 Å². The summed E-state index contributed by atoms with van der Waals surface area (Å²) in [5.74, 6) is -0.364. The smallest absolute Gasteiger partial charge is 0.243 e. The average molecular weight is 703 g/mol. The normalized spacial score (nSPS) is 14.5. The molecule has 1 fully saturated rings. The minimum absolute atomic E-state index is 0.0711. The van der Waals surface area contributed by atoms with Gasteiger partial charge in [-0.25, -0.2) is 8.42 Å². The Morgan fingerprint density at radius 2 is 1.68 bits per heavy atom. The summed E-state index contributed by atoms with van der Waals surface area (Å²) >= 11 is 9.73. The van der Waals surface area contributed by atoms with Crippen molar-refractivity contribution >= 4 is 55.1 Å². The van der Waals surface area contributed by atoms with E-state index in [9.17, 15) is 18.0 Å². The molecule has 0 aromatic heterocycles. The lowest BCUT2D eigenvalue weighted by Crippen LogP contribution is -2.53. The maximum atomic E-state index is 14.1. The molecule has 0 aliphatic heterocycles. The summed E-state index contributed by atoms with van der Waals surface area (Å²) in [5.41, 5.74) is 3.11. The number of amides is 2. The number of hydrogen-bond donors (Lipinski definition) is 1. The van der Waals surface area contributed by atoms with Crippen LogP contribution in [0.1, 0.15) is 61.6 Å². The van der Waals surface area contributed by atoms with Crippen LogP contribution in [0.4, 0.5) is 5.69 Å². The minimum atomic E-state index is -3.64. The Morgan fingerprint density at radius 1 is 0.977 bits per heavy atom. The summed E-state index contributed by atoms with van der Waals surface area (Å²) in [6.07, 6.45) is 7.08. The molecule has 2 amide bonds. The number of sulfonamides is 1. The van der Waals surface area contributed by atoms with Crippen molar-refractivity contribution in [3.05, 3.63) is 99.0 Å². The number of halogens is 2. The van der Waals surface area contributed by atoms with Gasteiger partial charge in [0.05, 0.1) is 11.9 Å². The van der Waals surface area contributed by atoms with Crippen molar-refractivity contribution in [2.45, 2.75) is 76.9 Å². The number of rotatable bonds is 13. The molecule has 0 radical (unpaired) electrons. The number of benzene rings is 3. The molecule has 3 aromatic carbocycles. The molecule has 4 rings (SSSR count). The second-order valence-electron chi connectivity index (χ2n) is 11.6. The van der Waals surface area contributed by atoms with Crippen LogP contribution in [0.15, 0.2) is 77.3 Å². The second kappa shape index (κ2) is 15.9. The first-order valence-corrected chi connectivity index (χ1v) is 18.2. The molecule has 1 aliphatic carbocycles. The fourth-order valence-electron chi connectivity index (χ4n) is 5.76. The van der Waals surface area contributed by atoms with E-state index in [1.165, 1.54) is 10.7 Å². The largest absolute Gasteiger partial charge is 0.352 e. The van der Waals surface area contributed by atoms with Crippen molar-refractivity contribution < 1.29 is 18.0 Å². The zero-order chi connectivity index (χ0) is 31.7. The highest BCUT2D eigenvalue weighted by Gasteiger charge is 2.32. The Kier molecular flexibility index (Phi) is 12.3. The summed E-state index contributed by atoms with van der Waals surface area (Å²) in [6.45, 7) is 2.18. The lowest BCUT2D eigenvalue weighted by atomic mass is 9.94. The standard InChI is InChI=1S/C34H41BrClN3O4S/c1-25-18-19-29(36)23-31(25)39(44(2,42)43)20-10-17-33(40)38(24-27-13-9-14-28(35)21-27)32(22-26-11-5-3-6-12-26)34(41)37-30-15-7-4-8-16-30/h3,5-6,9,11-14,18-19,21,23,30,32H,4,7-8,10,15-17,20,22,24H2,1-2H3,(H,37,41)/t32-/m1/s1. The van der Waals surface area contributed by atoms with Gasteiger partial charge in [0.15, 0.2) is 0 Å². The third kappa shape index (κ3) is 9.81. The summed E-state index contributed by atoms with van der Waals surface area (Å²) in [6, 6.07) is 22.0. The van der Waals surface area contributed by atoms with Crippen LogP contribution in [0.25, 0.3) is 0 Å². The lowest BCUT2D eigenvalue weighted by Gasteiger charge is -2.34.